The molecule has 1 heterocycles. The fourth-order valence-corrected chi connectivity index (χ4v) is 3.39. The summed E-state index contributed by atoms with van der Waals surface area (Å²) in [5.74, 6) is 0.755. The van der Waals surface area contributed by atoms with Gasteiger partial charge in [-0.15, -0.1) is 0 Å². The lowest BCUT2D eigenvalue weighted by Gasteiger charge is -2.36. The van der Waals surface area contributed by atoms with Gasteiger partial charge in [-0.1, -0.05) is 30.7 Å². The number of piperidine rings is 1. The van der Waals surface area contributed by atoms with Crippen molar-refractivity contribution in [2.45, 2.75) is 45.7 Å². The van der Waals surface area contributed by atoms with E-state index in [9.17, 15) is 0 Å². The summed E-state index contributed by atoms with van der Waals surface area (Å²) in [6.45, 7) is 10.5. The van der Waals surface area contributed by atoms with Gasteiger partial charge in [-0.3, -0.25) is 0 Å². The second kappa shape index (κ2) is 7.44. The molecule has 0 aromatic heterocycles. The number of benzene rings is 1. The summed E-state index contributed by atoms with van der Waals surface area (Å²) in [5, 5.41) is 4.57. The van der Waals surface area contributed by atoms with Crippen LogP contribution < -0.4 is 5.32 Å². The van der Waals surface area contributed by atoms with Crippen molar-refractivity contribution in [2.24, 2.45) is 5.92 Å². The molecule has 2 unspecified atom stereocenters. The van der Waals surface area contributed by atoms with Gasteiger partial charge < -0.3 is 10.2 Å². The topological polar surface area (TPSA) is 15.3 Å². The third-order valence-electron chi connectivity index (χ3n) is 4.56. The van der Waals surface area contributed by atoms with Crippen molar-refractivity contribution in [3.8, 4) is 0 Å². The highest BCUT2D eigenvalue weighted by Crippen LogP contribution is 2.23. The Morgan fingerprint density at radius 1 is 1.40 bits per heavy atom. The standard InChI is InChI=1S/C17H27ClN2/c1-4-20-10-6-8-16(12-20)14(3)19-13(2)15-7-5-9-17(18)11-15/h5,7,9,11,13-14,16,19H,4,6,8,10,12H2,1-3H3/t13-,14?,16?/m1/s1. The van der Waals surface area contributed by atoms with Crippen molar-refractivity contribution >= 4 is 11.6 Å². The minimum absolute atomic E-state index is 0.348. The van der Waals surface area contributed by atoms with E-state index in [1.54, 1.807) is 0 Å². The number of nitrogens with zero attached hydrogens (tertiary/aromatic N) is 1. The van der Waals surface area contributed by atoms with Crippen LogP contribution in [0, 0.1) is 5.92 Å². The Kier molecular flexibility index (Phi) is 5.88. The minimum atomic E-state index is 0.348. The van der Waals surface area contributed by atoms with Gasteiger partial charge in [0.1, 0.15) is 0 Å². The van der Waals surface area contributed by atoms with Crippen LogP contribution in [0.3, 0.4) is 0 Å². The number of hydrogen-bond donors (Lipinski definition) is 1. The highest BCUT2D eigenvalue weighted by atomic mass is 35.5. The quantitative estimate of drug-likeness (QED) is 0.879. The molecule has 112 valence electrons. The first-order chi connectivity index (χ1) is 9.60. The SMILES string of the molecule is CCN1CCCC(C(C)N[C@H](C)c2cccc(Cl)c2)C1. The third kappa shape index (κ3) is 4.21. The molecule has 3 heteroatoms. The predicted octanol–water partition coefficient (Wildman–Crippen LogP) is 4.11. The molecular formula is C17H27ClN2. The molecule has 1 aliphatic rings. The van der Waals surface area contributed by atoms with E-state index in [1.165, 1.54) is 38.0 Å². The fourth-order valence-electron chi connectivity index (χ4n) is 3.19. The van der Waals surface area contributed by atoms with Crippen molar-refractivity contribution in [2.75, 3.05) is 19.6 Å². The normalized spacial score (nSPS) is 23.5. The van der Waals surface area contributed by atoms with E-state index in [4.69, 9.17) is 11.6 Å². The summed E-state index contributed by atoms with van der Waals surface area (Å²) in [6, 6.07) is 9.06. The van der Waals surface area contributed by atoms with E-state index in [0.717, 1.165) is 10.9 Å². The summed E-state index contributed by atoms with van der Waals surface area (Å²) in [5.41, 5.74) is 1.27. The molecule has 1 aromatic rings. The number of likely N-dealkylation sites (tertiary alicyclic amines) is 1. The first-order valence-corrected chi connectivity index (χ1v) is 8.21. The maximum Gasteiger partial charge on any atom is 0.0409 e. The summed E-state index contributed by atoms with van der Waals surface area (Å²) >= 11 is 6.08. The van der Waals surface area contributed by atoms with Crippen LogP contribution in [0.4, 0.5) is 0 Å². The Bertz CT molecular complexity index is 421. The molecule has 1 N–H and O–H groups in total. The Hall–Kier alpha value is -0.570. The van der Waals surface area contributed by atoms with Crippen molar-refractivity contribution in [1.82, 2.24) is 10.2 Å². The maximum absolute atomic E-state index is 6.08. The summed E-state index contributed by atoms with van der Waals surface area (Å²) in [7, 11) is 0. The molecular weight excluding hydrogens is 268 g/mol. The number of halogens is 1. The Labute approximate surface area is 128 Å². The van der Waals surface area contributed by atoms with Crippen LogP contribution in [0.25, 0.3) is 0 Å². The van der Waals surface area contributed by atoms with E-state index in [0.29, 0.717) is 12.1 Å². The largest absolute Gasteiger partial charge is 0.307 e. The average molecular weight is 295 g/mol. The molecule has 20 heavy (non-hydrogen) atoms. The summed E-state index contributed by atoms with van der Waals surface area (Å²) in [4.78, 5) is 2.57. The predicted molar refractivity (Wildman–Crippen MR) is 87.3 cm³/mol. The van der Waals surface area contributed by atoms with Gasteiger partial charge in [0, 0.05) is 23.7 Å². The van der Waals surface area contributed by atoms with Crippen molar-refractivity contribution in [3.63, 3.8) is 0 Å². The highest BCUT2D eigenvalue weighted by Gasteiger charge is 2.24. The molecule has 2 nitrogen and oxygen atoms in total. The van der Waals surface area contributed by atoms with Crippen LogP contribution in [-0.2, 0) is 0 Å². The van der Waals surface area contributed by atoms with Gasteiger partial charge in [-0.25, -0.2) is 0 Å². The van der Waals surface area contributed by atoms with Gasteiger partial charge in [0.25, 0.3) is 0 Å². The second-order valence-corrected chi connectivity index (χ2v) is 6.46. The molecule has 1 fully saturated rings. The lowest BCUT2D eigenvalue weighted by atomic mass is 9.90. The molecule has 0 aliphatic carbocycles. The van der Waals surface area contributed by atoms with E-state index in [2.05, 4.69) is 43.1 Å². The van der Waals surface area contributed by atoms with Gasteiger partial charge in [0.05, 0.1) is 0 Å². The Morgan fingerprint density at radius 3 is 2.90 bits per heavy atom. The zero-order valence-corrected chi connectivity index (χ0v) is 13.7. The fraction of sp³-hybridized carbons (Fsp3) is 0.647. The Morgan fingerprint density at radius 2 is 2.20 bits per heavy atom. The van der Waals surface area contributed by atoms with Crippen LogP contribution in [0.1, 0.15) is 45.2 Å². The molecule has 0 amide bonds. The lowest BCUT2D eigenvalue weighted by Crippen LogP contribution is -2.44. The summed E-state index contributed by atoms with van der Waals surface area (Å²) in [6.07, 6.45) is 2.67. The van der Waals surface area contributed by atoms with Crippen molar-refractivity contribution in [1.29, 1.82) is 0 Å². The highest BCUT2D eigenvalue weighted by molar-refractivity contribution is 6.30. The van der Waals surface area contributed by atoms with Crippen molar-refractivity contribution < 1.29 is 0 Å². The van der Waals surface area contributed by atoms with Crippen LogP contribution in [-0.4, -0.2) is 30.6 Å². The third-order valence-corrected chi connectivity index (χ3v) is 4.79. The van der Waals surface area contributed by atoms with Crippen LogP contribution in [0.5, 0.6) is 0 Å². The smallest absolute Gasteiger partial charge is 0.0409 e. The number of rotatable bonds is 5. The van der Waals surface area contributed by atoms with Gasteiger partial charge in [0.2, 0.25) is 0 Å². The van der Waals surface area contributed by atoms with Gasteiger partial charge >= 0.3 is 0 Å². The first-order valence-electron chi connectivity index (χ1n) is 7.84. The zero-order valence-electron chi connectivity index (χ0n) is 12.9. The van der Waals surface area contributed by atoms with E-state index in [-0.39, 0.29) is 0 Å². The summed E-state index contributed by atoms with van der Waals surface area (Å²) < 4.78 is 0. The van der Waals surface area contributed by atoms with Gasteiger partial charge in [-0.05, 0) is 63.4 Å². The maximum atomic E-state index is 6.08. The molecule has 0 radical (unpaired) electrons. The van der Waals surface area contributed by atoms with Crippen LogP contribution in [0.15, 0.2) is 24.3 Å². The van der Waals surface area contributed by atoms with Gasteiger partial charge in [-0.2, -0.15) is 0 Å². The lowest BCUT2D eigenvalue weighted by molar-refractivity contribution is 0.153. The van der Waals surface area contributed by atoms with Crippen LogP contribution >= 0.6 is 11.6 Å². The van der Waals surface area contributed by atoms with Gasteiger partial charge in [0.15, 0.2) is 0 Å². The molecule has 1 aromatic carbocycles. The second-order valence-electron chi connectivity index (χ2n) is 6.03. The van der Waals surface area contributed by atoms with E-state index >= 15 is 0 Å². The molecule has 1 saturated heterocycles. The zero-order chi connectivity index (χ0) is 14.5. The minimum Gasteiger partial charge on any atom is -0.307 e. The average Bonchev–Trinajstić information content (AvgIpc) is 2.47. The van der Waals surface area contributed by atoms with Crippen LogP contribution in [0.2, 0.25) is 5.02 Å². The monoisotopic (exact) mass is 294 g/mol. The molecule has 0 spiro atoms. The first kappa shape index (κ1) is 15.8. The van der Waals surface area contributed by atoms with Crippen molar-refractivity contribution in [3.05, 3.63) is 34.9 Å². The van der Waals surface area contributed by atoms with E-state index in [1.807, 2.05) is 12.1 Å². The number of hydrogen-bond acceptors (Lipinski definition) is 2. The molecule has 3 atom stereocenters. The molecule has 1 aliphatic heterocycles. The Balaban J connectivity index is 1.91. The molecule has 0 bridgehead atoms. The van der Waals surface area contributed by atoms with E-state index < -0.39 is 0 Å². The molecule has 0 saturated carbocycles. The molecule has 2 rings (SSSR count). The number of nitrogens with one attached hydrogen (secondary N) is 1.